The Morgan fingerprint density at radius 2 is 1.72 bits per heavy atom. The number of ether oxygens (including phenoxy) is 1. The molecule has 3 fully saturated rings. The fraction of sp³-hybridized carbons (Fsp3) is 0.917. The number of allylic oxidation sites excluding steroid dienone is 1. The second-order valence-corrected chi connectivity index (χ2v) is 15.8. The maximum atomic E-state index is 12.8. The van der Waals surface area contributed by atoms with Gasteiger partial charge in [0, 0.05) is 6.42 Å². The maximum absolute atomic E-state index is 12.8. The molecule has 0 amide bonds. The third-order valence-electron chi connectivity index (χ3n) is 12.4. The predicted octanol–water partition coefficient (Wildman–Crippen LogP) is 10.9. The van der Waals surface area contributed by atoms with Gasteiger partial charge in [-0.3, -0.25) is 4.79 Å². The molecule has 4 aliphatic rings. The fourth-order valence-corrected chi connectivity index (χ4v) is 10.2. The number of carbonyl (C=O) groups is 1. The molecule has 0 radical (unpaired) electrons. The highest BCUT2D eigenvalue weighted by Gasteiger charge is 2.59. The van der Waals surface area contributed by atoms with Crippen LogP contribution in [0.15, 0.2) is 11.6 Å². The molecule has 9 atom stereocenters. The van der Waals surface area contributed by atoms with Crippen LogP contribution in [0.5, 0.6) is 0 Å². The van der Waals surface area contributed by atoms with Gasteiger partial charge in [0.05, 0.1) is 0 Å². The topological polar surface area (TPSA) is 26.3 Å². The molecule has 0 bridgehead atoms. The van der Waals surface area contributed by atoms with Gasteiger partial charge in [0.2, 0.25) is 0 Å². The average Bonchev–Trinajstić information content (AvgIpc) is 3.25. The Morgan fingerprint density at radius 3 is 2.46 bits per heavy atom. The minimum absolute atomic E-state index is 0.0196. The zero-order valence-electron chi connectivity index (χ0n) is 26.4. The summed E-state index contributed by atoms with van der Waals surface area (Å²) in [6.07, 6.45) is 23.6. The molecule has 39 heavy (non-hydrogen) atoms. The Hall–Kier alpha value is -0.500. The summed E-state index contributed by atoms with van der Waals surface area (Å²) < 4.78 is 6.02. The number of halogens is 1. The van der Waals surface area contributed by atoms with Crippen LogP contribution in [0.2, 0.25) is 0 Å². The van der Waals surface area contributed by atoms with Crippen LogP contribution in [0, 0.1) is 46.3 Å². The van der Waals surface area contributed by atoms with E-state index >= 15 is 0 Å². The minimum Gasteiger partial charge on any atom is -0.461 e. The molecule has 0 N–H and O–H groups in total. The summed E-state index contributed by atoms with van der Waals surface area (Å²) >= 11 is 6.47. The van der Waals surface area contributed by atoms with Crippen molar-refractivity contribution in [1.82, 2.24) is 0 Å². The van der Waals surface area contributed by atoms with Crippen LogP contribution in [0.4, 0.5) is 0 Å². The molecule has 0 spiro atoms. The normalized spacial score (nSPS) is 37.4. The largest absolute Gasteiger partial charge is 0.461 e. The first-order valence-corrected chi connectivity index (χ1v) is 17.6. The van der Waals surface area contributed by atoms with E-state index in [1.54, 1.807) is 5.57 Å². The second kappa shape index (κ2) is 13.6. The van der Waals surface area contributed by atoms with Crippen LogP contribution in [0.1, 0.15) is 151 Å². The van der Waals surface area contributed by atoms with Crippen molar-refractivity contribution in [2.45, 2.75) is 162 Å². The molecule has 0 aromatic carbocycles. The zero-order valence-corrected chi connectivity index (χ0v) is 27.2. The Balaban J connectivity index is 1.33. The summed E-state index contributed by atoms with van der Waals surface area (Å²) in [4.78, 5) is 12.8. The summed E-state index contributed by atoms with van der Waals surface area (Å²) in [6.45, 7) is 14.8. The number of esters is 1. The first-order valence-electron chi connectivity index (χ1n) is 17.1. The first-order chi connectivity index (χ1) is 18.6. The minimum atomic E-state index is -0.483. The summed E-state index contributed by atoms with van der Waals surface area (Å²) in [7, 11) is 0. The van der Waals surface area contributed by atoms with E-state index in [9.17, 15) is 4.79 Å². The molecule has 4 rings (SSSR count). The Bertz CT molecular complexity index is 834. The van der Waals surface area contributed by atoms with E-state index in [0.29, 0.717) is 10.8 Å². The standard InChI is InChI=1S/C36H61ClO2/c1-7-8-9-10-11-15-33(37)34(38)39-28-20-22-35(5)27(24-28)16-17-29-31-19-18-30(26(4)14-12-13-25(2)3)36(31,6)23-21-32(29)35/h16,25-26,28-33H,7-15,17-24H2,1-6H3/t26-,28+,29-,30+,31-,32-,33+,35+,36-/m1/s1. The zero-order chi connectivity index (χ0) is 28.2. The highest BCUT2D eigenvalue weighted by molar-refractivity contribution is 6.29. The van der Waals surface area contributed by atoms with Crippen molar-refractivity contribution in [3.8, 4) is 0 Å². The summed E-state index contributed by atoms with van der Waals surface area (Å²) in [5, 5.41) is -0.483. The third-order valence-corrected chi connectivity index (χ3v) is 12.8. The number of carbonyl (C=O) groups excluding carboxylic acids is 1. The van der Waals surface area contributed by atoms with Crippen molar-refractivity contribution in [2.24, 2.45) is 46.3 Å². The number of alkyl halides is 1. The van der Waals surface area contributed by atoms with Crippen LogP contribution in [-0.4, -0.2) is 17.5 Å². The van der Waals surface area contributed by atoms with Crippen molar-refractivity contribution in [2.75, 3.05) is 0 Å². The average molecular weight is 561 g/mol. The molecule has 0 aromatic heterocycles. The molecule has 2 nitrogen and oxygen atoms in total. The van der Waals surface area contributed by atoms with Gasteiger partial charge >= 0.3 is 5.97 Å². The van der Waals surface area contributed by atoms with Gasteiger partial charge in [-0.15, -0.1) is 11.6 Å². The van der Waals surface area contributed by atoms with Gasteiger partial charge in [0.15, 0.2) is 0 Å². The molecule has 0 aliphatic heterocycles. The molecule has 224 valence electrons. The highest BCUT2D eigenvalue weighted by Crippen LogP contribution is 2.67. The molecule has 0 unspecified atom stereocenters. The monoisotopic (exact) mass is 560 g/mol. The summed E-state index contributed by atoms with van der Waals surface area (Å²) in [6, 6.07) is 0. The molecule has 4 aliphatic carbocycles. The molecule has 0 saturated heterocycles. The Morgan fingerprint density at radius 1 is 0.949 bits per heavy atom. The third kappa shape index (κ3) is 6.94. The smallest absolute Gasteiger partial charge is 0.324 e. The number of unbranched alkanes of at least 4 members (excludes halogenated alkanes) is 4. The summed E-state index contributed by atoms with van der Waals surface area (Å²) in [5.41, 5.74) is 2.44. The summed E-state index contributed by atoms with van der Waals surface area (Å²) in [5.74, 6) is 5.00. The van der Waals surface area contributed by atoms with Crippen molar-refractivity contribution in [3.05, 3.63) is 11.6 Å². The molecule has 0 heterocycles. The lowest BCUT2D eigenvalue weighted by atomic mass is 9.47. The van der Waals surface area contributed by atoms with Crippen molar-refractivity contribution in [1.29, 1.82) is 0 Å². The second-order valence-electron chi connectivity index (χ2n) is 15.3. The van der Waals surface area contributed by atoms with E-state index in [2.05, 4.69) is 47.6 Å². The van der Waals surface area contributed by atoms with Gasteiger partial charge in [-0.1, -0.05) is 105 Å². The number of fused-ring (bicyclic) bond motifs is 5. The van der Waals surface area contributed by atoms with E-state index < -0.39 is 5.38 Å². The van der Waals surface area contributed by atoms with Crippen LogP contribution in [-0.2, 0) is 9.53 Å². The van der Waals surface area contributed by atoms with Crippen LogP contribution in [0.25, 0.3) is 0 Å². The predicted molar refractivity (Wildman–Crippen MR) is 166 cm³/mol. The Labute approximate surface area is 246 Å². The number of rotatable bonds is 13. The van der Waals surface area contributed by atoms with E-state index in [4.69, 9.17) is 16.3 Å². The lowest BCUT2D eigenvalue weighted by molar-refractivity contribution is -0.151. The van der Waals surface area contributed by atoms with Gasteiger partial charge in [0.25, 0.3) is 0 Å². The lowest BCUT2D eigenvalue weighted by Crippen LogP contribution is -2.51. The number of hydrogen-bond donors (Lipinski definition) is 0. The maximum Gasteiger partial charge on any atom is 0.324 e. The van der Waals surface area contributed by atoms with Crippen molar-refractivity contribution < 1.29 is 9.53 Å². The first kappa shape index (κ1) is 31.4. The van der Waals surface area contributed by atoms with E-state index in [1.807, 2.05) is 0 Å². The quantitative estimate of drug-likeness (QED) is 0.0968. The van der Waals surface area contributed by atoms with Gasteiger partial charge < -0.3 is 4.74 Å². The van der Waals surface area contributed by atoms with E-state index in [0.717, 1.165) is 61.2 Å². The molecule has 3 heteroatoms. The van der Waals surface area contributed by atoms with Gasteiger partial charge in [-0.2, -0.15) is 0 Å². The van der Waals surface area contributed by atoms with E-state index in [1.165, 1.54) is 83.5 Å². The molecular weight excluding hydrogens is 500 g/mol. The van der Waals surface area contributed by atoms with Crippen LogP contribution >= 0.6 is 11.6 Å². The Kier molecular flexibility index (Phi) is 11.0. The van der Waals surface area contributed by atoms with Crippen LogP contribution < -0.4 is 0 Å². The van der Waals surface area contributed by atoms with Gasteiger partial charge in [-0.05, 0) is 97.7 Å². The number of hydrogen-bond acceptors (Lipinski definition) is 2. The lowest BCUT2D eigenvalue weighted by Gasteiger charge is -2.58. The molecular formula is C36H61ClO2. The van der Waals surface area contributed by atoms with Crippen LogP contribution in [0.3, 0.4) is 0 Å². The van der Waals surface area contributed by atoms with Crippen molar-refractivity contribution >= 4 is 17.6 Å². The van der Waals surface area contributed by atoms with Gasteiger partial charge in [-0.25, -0.2) is 0 Å². The van der Waals surface area contributed by atoms with Gasteiger partial charge in [0.1, 0.15) is 11.5 Å². The van der Waals surface area contributed by atoms with E-state index in [-0.39, 0.29) is 12.1 Å². The highest BCUT2D eigenvalue weighted by atomic mass is 35.5. The molecule has 3 saturated carbocycles. The SMILES string of the molecule is CCCCCCC[C@H](Cl)C(=O)O[C@H]1CC[C@@]2(C)C(=CC[C@@H]3[C@H]4CC[C@@H]([C@H](C)CCCC(C)C)[C@@]4(C)CC[C@H]32)C1. The van der Waals surface area contributed by atoms with Crippen molar-refractivity contribution in [3.63, 3.8) is 0 Å². The fourth-order valence-electron chi connectivity index (χ4n) is 10.0. The molecule has 0 aromatic rings.